The molecule has 1 saturated carbocycles. The number of hydrogen-bond acceptors (Lipinski definition) is 3. The standard InChI is InChI=1S/C12H15ClN2O3S/c1-8(16)14-12-6-5-10(7-11(12)13)19(17,18)15-9-3-2-4-9/h5-7,9,15H,2-4H2,1H3,(H,14,16). The molecule has 2 N–H and O–H groups in total. The van der Waals surface area contributed by atoms with Crippen LogP contribution in [0.5, 0.6) is 0 Å². The van der Waals surface area contributed by atoms with Crippen molar-refractivity contribution in [2.24, 2.45) is 0 Å². The van der Waals surface area contributed by atoms with Gasteiger partial charge in [0.25, 0.3) is 0 Å². The molecule has 1 aromatic carbocycles. The largest absolute Gasteiger partial charge is 0.325 e. The van der Waals surface area contributed by atoms with E-state index in [1.165, 1.54) is 25.1 Å². The maximum Gasteiger partial charge on any atom is 0.240 e. The third-order valence-electron chi connectivity index (χ3n) is 2.99. The average molecular weight is 303 g/mol. The van der Waals surface area contributed by atoms with Crippen LogP contribution in [0.3, 0.4) is 0 Å². The van der Waals surface area contributed by atoms with E-state index in [-0.39, 0.29) is 21.9 Å². The third-order valence-corrected chi connectivity index (χ3v) is 4.82. The fourth-order valence-corrected chi connectivity index (χ4v) is 3.39. The Balaban J connectivity index is 2.20. The van der Waals surface area contributed by atoms with E-state index in [0.29, 0.717) is 5.69 Å². The molecule has 2 rings (SSSR count). The van der Waals surface area contributed by atoms with Crippen LogP contribution < -0.4 is 10.0 Å². The zero-order valence-electron chi connectivity index (χ0n) is 10.4. The molecule has 0 bridgehead atoms. The molecule has 1 aliphatic rings. The molecular weight excluding hydrogens is 288 g/mol. The minimum atomic E-state index is -3.54. The van der Waals surface area contributed by atoms with E-state index < -0.39 is 10.0 Å². The summed E-state index contributed by atoms with van der Waals surface area (Å²) in [5.74, 6) is -0.259. The van der Waals surface area contributed by atoms with Gasteiger partial charge >= 0.3 is 0 Å². The van der Waals surface area contributed by atoms with Gasteiger partial charge in [0, 0.05) is 13.0 Å². The van der Waals surface area contributed by atoms with Crippen molar-refractivity contribution in [2.75, 3.05) is 5.32 Å². The van der Waals surface area contributed by atoms with Crippen LogP contribution in [0.15, 0.2) is 23.1 Å². The lowest BCUT2D eigenvalue weighted by atomic mass is 9.94. The van der Waals surface area contributed by atoms with E-state index in [9.17, 15) is 13.2 Å². The molecule has 0 atom stereocenters. The van der Waals surface area contributed by atoms with Gasteiger partial charge in [-0.3, -0.25) is 4.79 Å². The van der Waals surface area contributed by atoms with Gasteiger partial charge in [-0.1, -0.05) is 18.0 Å². The highest BCUT2D eigenvalue weighted by atomic mass is 35.5. The lowest BCUT2D eigenvalue weighted by Crippen LogP contribution is -2.39. The molecule has 1 aromatic rings. The number of carbonyl (C=O) groups is 1. The number of benzene rings is 1. The van der Waals surface area contributed by atoms with Gasteiger partial charge in [-0.05, 0) is 31.0 Å². The second-order valence-corrected chi connectivity index (χ2v) is 6.69. The molecule has 0 unspecified atom stereocenters. The van der Waals surface area contributed by atoms with Crippen LogP contribution >= 0.6 is 11.6 Å². The van der Waals surface area contributed by atoms with Gasteiger partial charge in [0.15, 0.2) is 0 Å². The number of hydrogen-bond donors (Lipinski definition) is 2. The van der Waals surface area contributed by atoms with Crippen molar-refractivity contribution in [3.63, 3.8) is 0 Å². The zero-order valence-corrected chi connectivity index (χ0v) is 12.0. The topological polar surface area (TPSA) is 75.3 Å². The number of carbonyl (C=O) groups excluding carboxylic acids is 1. The predicted molar refractivity (Wildman–Crippen MR) is 73.7 cm³/mol. The molecule has 0 spiro atoms. The lowest BCUT2D eigenvalue weighted by Gasteiger charge is -2.26. The van der Waals surface area contributed by atoms with Crippen molar-refractivity contribution in [1.82, 2.24) is 4.72 Å². The average Bonchev–Trinajstić information content (AvgIpc) is 2.26. The number of halogens is 1. The first kappa shape index (κ1) is 14.3. The minimum absolute atomic E-state index is 0.0267. The van der Waals surface area contributed by atoms with E-state index in [2.05, 4.69) is 10.0 Å². The number of anilines is 1. The minimum Gasteiger partial charge on any atom is -0.325 e. The van der Waals surface area contributed by atoms with Gasteiger partial charge in [0.05, 0.1) is 15.6 Å². The molecule has 104 valence electrons. The SMILES string of the molecule is CC(=O)Nc1ccc(S(=O)(=O)NC2CCC2)cc1Cl. The Morgan fingerprint density at radius 3 is 2.53 bits per heavy atom. The molecule has 0 saturated heterocycles. The molecule has 1 amide bonds. The monoisotopic (exact) mass is 302 g/mol. The first-order valence-electron chi connectivity index (χ1n) is 5.98. The molecule has 0 aliphatic heterocycles. The molecule has 0 heterocycles. The summed E-state index contributed by atoms with van der Waals surface area (Å²) in [5, 5.41) is 2.73. The van der Waals surface area contributed by atoms with Crippen molar-refractivity contribution in [3.8, 4) is 0 Å². The Hall–Kier alpha value is -1.11. The van der Waals surface area contributed by atoms with Crippen LogP contribution in [0.1, 0.15) is 26.2 Å². The number of sulfonamides is 1. The fourth-order valence-electron chi connectivity index (χ4n) is 1.77. The molecule has 0 radical (unpaired) electrons. The van der Waals surface area contributed by atoms with Gasteiger partial charge < -0.3 is 5.32 Å². The summed E-state index contributed by atoms with van der Waals surface area (Å²) in [7, 11) is -3.54. The summed E-state index contributed by atoms with van der Waals surface area (Å²) in [6.07, 6.45) is 2.79. The number of nitrogens with one attached hydrogen (secondary N) is 2. The Labute approximate surface area is 117 Å². The van der Waals surface area contributed by atoms with E-state index >= 15 is 0 Å². The molecule has 5 nitrogen and oxygen atoms in total. The van der Waals surface area contributed by atoms with Crippen LogP contribution in [-0.2, 0) is 14.8 Å². The van der Waals surface area contributed by atoms with Gasteiger partial charge in [-0.15, -0.1) is 0 Å². The van der Waals surface area contributed by atoms with Crippen LogP contribution in [0.4, 0.5) is 5.69 Å². The van der Waals surface area contributed by atoms with Crippen LogP contribution in [-0.4, -0.2) is 20.4 Å². The maximum absolute atomic E-state index is 12.1. The van der Waals surface area contributed by atoms with Crippen LogP contribution in [0.25, 0.3) is 0 Å². The Morgan fingerprint density at radius 2 is 2.05 bits per heavy atom. The second-order valence-electron chi connectivity index (χ2n) is 4.57. The molecular formula is C12H15ClN2O3S. The van der Waals surface area contributed by atoms with Crippen LogP contribution in [0.2, 0.25) is 5.02 Å². The smallest absolute Gasteiger partial charge is 0.240 e. The summed E-state index contributed by atoms with van der Waals surface area (Å²) < 4.78 is 26.8. The van der Waals surface area contributed by atoms with E-state index in [1.807, 2.05) is 0 Å². The Kier molecular flexibility index (Phi) is 4.13. The Morgan fingerprint density at radius 1 is 1.37 bits per heavy atom. The number of amides is 1. The predicted octanol–water partition coefficient (Wildman–Crippen LogP) is 2.13. The van der Waals surface area contributed by atoms with Crippen molar-refractivity contribution < 1.29 is 13.2 Å². The normalized spacial score (nSPS) is 15.9. The molecule has 0 aromatic heterocycles. The Bertz CT molecular complexity index is 597. The highest BCUT2D eigenvalue weighted by molar-refractivity contribution is 7.89. The first-order chi connectivity index (χ1) is 8.88. The molecule has 7 heteroatoms. The second kappa shape index (κ2) is 5.48. The third kappa shape index (κ3) is 3.46. The van der Waals surface area contributed by atoms with Crippen LogP contribution in [0, 0.1) is 0 Å². The summed E-state index contributed by atoms with van der Waals surface area (Å²) in [6.45, 7) is 1.36. The van der Waals surface area contributed by atoms with Gasteiger partial charge in [-0.2, -0.15) is 0 Å². The van der Waals surface area contributed by atoms with Gasteiger partial charge in [0.2, 0.25) is 15.9 Å². The van der Waals surface area contributed by atoms with E-state index in [0.717, 1.165) is 19.3 Å². The van der Waals surface area contributed by atoms with Crippen molar-refractivity contribution in [1.29, 1.82) is 0 Å². The maximum atomic E-state index is 12.1. The van der Waals surface area contributed by atoms with E-state index in [1.54, 1.807) is 0 Å². The fraction of sp³-hybridized carbons (Fsp3) is 0.417. The highest BCUT2D eigenvalue weighted by Gasteiger charge is 2.25. The summed E-state index contributed by atoms with van der Waals surface area (Å²) in [5.41, 5.74) is 0.400. The van der Waals surface area contributed by atoms with Crippen molar-refractivity contribution in [2.45, 2.75) is 37.1 Å². The molecule has 1 fully saturated rings. The molecule has 1 aliphatic carbocycles. The lowest BCUT2D eigenvalue weighted by molar-refractivity contribution is -0.114. The van der Waals surface area contributed by atoms with Gasteiger partial charge in [-0.25, -0.2) is 13.1 Å². The highest BCUT2D eigenvalue weighted by Crippen LogP contribution is 2.26. The summed E-state index contributed by atoms with van der Waals surface area (Å²) in [4.78, 5) is 11.0. The zero-order chi connectivity index (χ0) is 14.0. The van der Waals surface area contributed by atoms with E-state index in [4.69, 9.17) is 11.6 Å². The molecule has 19 heavy (non-hydrogen) atoms. The quantitative estimate of drug-likeness (QED) is 0.894. The summed E-state index contributed by atoms with van der Waals surface area (Å²) >= 11 is 5.96. The van der Waals surface area contributed by atoms with Crippen molar-refractivity contribution >= 4 is 33.2 Å². The number of rotatable bonds is 4. The van der Waals surface area contributed by atoms with Gasteiger partial charge in [0.1, 0.15) is 0 Å². The summed E-state index contributed by atoms with van der Waals surface area (Å²) in [6, 6.07) is 4.28. The van der Waals surface area contributed by atoms with Crippen molar-refractivity contribution in [3.05, 3.63) is 23.2 Å². The first-order valence-corrected chi connectivity index (χ1v) is 7.84.